The van der Waals surface area contributed by atoms with E-state index in [1.165, 1.54) is 6.42 Å². The summed E-state index contributed by atoms with van der Waals surface area (Å²) in [5.41, 5.74) is 1.06. The summed E-state index contributed by atoms with van der Waals surface area (Å²) in [6.07, 6.45) is 8.24. The van der Waals surface area contributed by atoms with E-state index in [1.54, 1.807) is 0 Å². The van der Waals surface area contributed by atoms with Gasteiger partial charge in [0.15, 0.2) is 0 Å². The Kier molecular flexibility index (Phi) is 5.88. The van der Waals surface area contributed by atoms with Crippen LogP contribution in [-0.2, 0) is 4.79 Å². The third kappa shape index (κ3) is 4.15. The van der Waals surface area contributed by atoms with E-state index in [9.17, 15) is 4.79 Å². The summed E-state index contributed by atoms with van der Waals surface area (Å²) in [6, 6.07) is 6.85. The van der Waals surface area contributed by atoms with E-state index in [2.05, 4.69) is 34.7 Å². The molecule has 0 aromatic carbocycles. The first-order valence-corrected chi connectivity index (χ1v) is 9.59. The maximum atomic E-state index is 12.9. The van der Waals surface area contributed by atoms with Crippen molar-refractivity contribution in [2.45, 2.75) is 64.5 Å². The van der Waals surface area contributed by atoms with Gasteiger partial charge in [-0.15, -0.1) is 0 Å². The van der Waals surface area contributed by atoms with E-state index in [4.69, 9.17) is 0 Å². The average Bonchev–Trinajstić information content (AvgIpc) is 2.63. The van der Waals surface area contributed by atoms with Crippen LogP contribution in [0.2, 0.25) is 0 Å². The minimum atomic E-state index is 0.184. The van der Waals surface area contributed by atoms with Crippen LogP contribution in [0.4, 0.5) is 0 Å². The van der Waals surface area contributed by atoms with Gasteiger partial charge in [0.25, 0.3) is 0 Å². The molecule has 1 atom stereocenters. The Bertz CT molecular complexity index is 523. The van der Waals surface area contributed by atoms with Crippen molar-refractivity contribution in [2.75, 3.05) is 19.6 Å². The fourth-order valence-electron chi connectivity index (χ4n) is 4.15. The highest BCUT2D eigenvalue weighted by Gasteiger charge is 2.31. The maximum Gasteiger partial charge on any atom is 0.223 e. The predicted molar refractivity (Wildman–Crippen MR) is 96.6 cm³/mol. The highest BCUT2D eigenvalue weighted by molar-refractivity contribution is 5.77. The zero-order chi connectivity index (χ0) is 16.9. The Morgan fingerprint density at radius 3 is 2.62 bits per heavy atom. The minimum Gasteiger partial charge on any atom is -0.334 e. The van der Waals surface area contributed by atoms with E-state index in [0.29, 0.717) is 17.9 Å². The second-order valence-electron chi connectivity index (χ2n) is 7.63. The first-order valence-electron chi connectivity index (χ1n) is 9.59. The molecule has 4 heteroatoms. The maximum absolute atomic E-state index is 12.9. The Morgan fingerprint density at radius 1 is 1.17 bits per heavy atom. The summed E-state index contributed by atoms with van der Waals surface area (Å²) in [4.78, 5) is 22.1. The molecule has 3 heterocycles. The largest absolute Gasteiger partial charge is 0.334 e. The molecule has 24 heavy (non-hydrogen) atoms. The van der Waals surface area contributed by atoms with Crippen molar-refractivity contribution in [2.24, 2.45) is 5.92 Å². The Morgan fingerprint density at radius 2 is 1.96 bits per heavy atom. The number of amides is 1. The normalized spacial score (nSPS) is 23.6. The van der Waals surface area contributed by atoms with E-state index in [0.717, 1.165) is 57.4 Å². The topological polar surface area (TPSA) is 36.4 Å². The SMILES string of the molecule is CC(C)N1CCC(CC(=O)N2CCCC[C@H]2c2ccccn2)CC1. The molecule has 0 saturated carbocycles. The molecule has 1 aromatic rings. The molecule has 0 radical (unpaired) electrons. The van der Waals surface area contributed by atoms with Gasteiger partial charge in [0.05, 0.1) is 11.7 Å². The smallest absolute Gasteiger partial charge is 0.223 e. The van der Waals surface area contributed by atoms with Gasteiger partial charge in [-0.05, 0) is 77.1 Å². The van der Waals surface area contributed by atoms with Gasteiger partial charge in [-0.2, -0.15) is 0 Å². The summed E-state index contributed by atoms with van der Waals surface area (Å²) in [5, 5.41) is 0. The minimum absolute atomic E-state index is 0.184. The second kappa shape index (κ2) is 8.11. The molecule has 3 rings (SSSR count). The number of piperidine rings is 2. The van der Waals surface area contributed by atoms with Gasteiger partial charge in [-0.1, -0.05) is 6.07 Å². The molecule has 1 amide bonds. The molecular formula is C20H31N3O. The van der Waals surface area contributed by atoms with E-state index in [1.807, 2.05) is 18.3 Å². The van der Waals surface area contributed by atoms with Crippen LogP contribution in [0.3, 0.4) is 0 Å². The molecule has 2 fully saturated rings. The molecule has 0 N–H and O–H groups in total. The van der Waals surface area contributed by atoms with Crippen molar-refractivity contribution in [3.63, 3.8) is 0 Å². The van der Waals surface area contributed by atoms with Gasteiger partial charge < -0.3 is 9.80 Å². The van der Waals surface area contributed by atoms with Crippen LogP contribution < -0.4 is 0 Å². The van der Waals surface area contributed by atoms with Crippen molar-refractivity contribution in [1.82, 2.24) is 14.8 Å². The van der Waals surface area contributed by atoms with Crippen LogP contribution in [0.15, 0.2) is 24.4 Å². The lowest BCUT2D eigenvalue weighted by Crippen LogP contribution is -2.42. The third-order valence-electron chi connectivity index (χ3n) is 5.70. The van der Waals surface area contributed by atoms with E-state index in [-0.39, 0.29) is 6.04 Å². The lowest BCUT2D eigenvalue weighted by atomic mass is 9.91. The molecule has 0 spiro atoms. The van der Waals surface area contributed by atoms with Crippen LogP contribution in [0.1, 0.15) is 64.1 Å². The van der Waals surface area contributed by atoms with Crippen LogP contribution in [0.25, 0.3) is 0 Å². The Balaban J connectivity index is 1.59. The van der Waals surface area contributed by atoms with Crippen molar-refractivity contribution in [3.8, 4) is 0 Å². The average molecular weight is 329 g/mol. The number of nitrogens with zero attached hydrogens (tertiary/aromatic N) is 3. The molecule has 132 valence electrons. The third-order valence-corrected chi connectivity index (χ3v) is 5.70. The molecule has 2 saturated heterocycles. The Hall–Kier alpha value is -1.42. The molecule has 2 aliphatic rings. The second-order valence-corrected chi connectivity index (χ2v) is 7.63. The number of pyridine rings is 1. The summed E-state index contributed by atoms with van der Waals surface area (Å²) in [5.74, 6) is 0.896. The molecule has 0 bridgehead atoms. The fourth-order valence-corrected chi connectivity index (χ4v) is 4.15. The first kappa shape index (κ1) is 17.4. The summed E-state index contributed by atoms with van der Waals surface area (Å²) in [6.45, 7) is 7.69. The lowest BCUT2D eigenvalue weighted by Gasteiger charge is -2.38. The quantitative estimate of drug-likeness (QED) is 0.846. The van der Waals surface area contributed by atoms with Crippen molar-refractivity contribution >= 4 is 5.91 Å². The summed E-state index contributed by atoms with van der Waals surface area (Å²) < 4.78 is 0. The molecule has 1 aromatic heterocycles. The zero-order valence-corrected chi connectivity index (χ0v) is 15.2. The zero-order valence-electron chi connectivity index (χ0n) is 15.2. The number of rotatable bonds is 4. The van der Waals surface area contributed by atoms with Crippen molar-refractivity contribution in [1.29, 1.82) is 0 Å². The monoisotopic (exact) mass is 329 g/mol. The number of carbonyl (C=O) groups is 1. The number of aromatic nitrogens is 1. The van der Waals surface area contributed by atoms with Gasteiger partial charge >= 0.3 is 0 Å². The highest BCUT2D eigenvalue weighted by Crippen LogP contribution is 2.32. The van der Waals surface area contributed by atoms with Gasteiger partial charge in [0.1, 0.15) is 0 Å². The Labute approximate surface area is 146 Å². The number of carbonyl (C=O) groups excluding carboxylic acids is 1. The van der Waals surface area contributed by atoms with E-state index < -0.39 is 0 Å². The van der Waals surface area contributed by atoms with Gasteiger partial charge in [-0.3, -0.25) is 9.78 Å². The van der Waals surface area contributed by atoms with Gasteiger partial charge in [-0.25, -0.2) is 0 Å². The molecule has 0 unspecified atom stereocenters. The van der Waals surface area contributed by atoms with Crippen molar-refractivity contribution in [3.05, 3.63) is 30.1 Å². The van der Waals surface area contributed by atoms with Gasteiger partial charge in [0.2, 0.25) is 5.91 Å². The summed E-state index contributed by atoms with van der Waals surface area (Å²) >= 11 is 0. The van der Waals surface area contributed by atoms with Gasteiger partial charge in [0, 0.05) is 25.2 Å². The van der Waals surface area contributed by atoms with Crippen molar-refractivity contribution < 1.29 is 4.79 Å². The standard InChI is InChI=1S/C20H31N3O/c1-16(2)22-13-9-17(10-14-22)15-20(24)23-12-6-4-8-19(23)18-7-3-5-11-21-18/h3,5,7,11,16-17,19H,4,6,8-10,12-15H2,1-2H3/t19-/m0/s1. The van der Waals surface area contributed by atoms with Crippen LogP contribution in [-0.4, -0.2) is 46.4 Å². The van der Waals surface area contributed by atoms with Crippen LogP contribution >= 0.6 is 0 Å². The van der Waals surface area contributed by atoms with Crippen LogP contribution in [0, 0.1) is 5.92 Å². The van der Waals surface area contributed by atoms with Crippen LogP contribution in [0.5, 0.6) is 0 Å². The fraction of sp³-hybridized carbons (Fsp3) is 0.700. The number of hydrogen-bond donors (Lipinski definition) is 0. The number of likely N-dealkylation sites (tertiary alicyclic amines) is 2. The van der Waals surface area contributed by atoms with E-state index >= 15 is 0 Å². The predicted octanol–water partition coefficient (Wildman–Crippen LogP) is 3.65. The highest BCUT2D eigenvalue weighted by atomic mass is 16.2. The number of hydrogen-bond acceptors (Lipinski definition) is 3. The lowest BCUT2D eigenvalue weighted by molar-refractivity contribution is -0.136. The first-order chi connectivity index (χ1) is 11.6. The molecular weight excluding hydrogens is 298 g/mol. The molecule has 0 aliphatic carbocycles. The molecule has 4 nitrogen and oxygen atoms in total. The molecule has 2 aliphatic heterocycles. The summed E-state index contributed by atoms with van der Waals surface area (Å²) in [7, 11) is 0.